The lowest BCUT2D eigenvalue weighted by atomic mass is 9.90. The first-order chi connectivity index (χ1) is 8.91. The number of benzene rings is 1. The highest BCUT2D eigenvalue weighted by Gasteiger charge is 2.35. The Kier molecular flexibility index (Phi) is 4.28. The Labute approximate surface area is 122 Å². The molecule has 0 bridgehead atoms. The molecule has 0 aliphatic carbocycles. The van der Waals surface area contributed by atoms with E-state index >= 15 is 0 Å². The van der Waals surface area contributed by atoms with E-state index in [4.69, 9.17) is 11.5 Å². The lowest BCUT2D eigenvalue weighted by Crippen LogP contribution is -2.55. The third kappa shape index (κ3) is 3.16. The van der Waals surface area contributed by atoms with E-state index in [1.807, 2.05) is 24.3 Å². The molecule has 1 aliphatic rings. The summed E-state index contributed by atoms with van der Waals surface area (Å²) in [6.07, 6.45) is 1.92. The lowest BCUT2D eigenvalue weighted by molar-refractivity contribution is -0.138. The largest absolute Gasteiger partial charge is 0.339 e. The van der Waals surface area contributed by atoms with Crippen LogP contribution in [-0.4, -0.2) is 29.9 Å². The van der Waals surface area contributed by atoms with Crippen molar-refractivity contribution < 1.29 is 4.79 Å². The average Bonchev–Trinajstić information content (AvgIpc) is 2.38. The fourth-order valence-corrected chi connectivity index (χ4v) is 2.71. The Morgan fingerprint density at radius 3 is 2.63 bits per heavy atom. The predicted molar refractivity (Wildman–Crippen MR) is 79.5 cm³/mol. The summed E-state index contributed by atoms with van der Waals surface area (Å²) < 4.78 is 0.972. The SMILES string of the molecule is CC(N)(C(=O)N1CCCC(N)C1)c1ccc(Br)cc1. The second-order valence-electron chi connectivity index (χ2n) is 5.36. The van der Waals surface area contributed by atoms with E-state index in [1.165, 1.54) is 0 Å². The minimum Gasteiger partial charge on any atom is -0.339 e. The van der Waals surface area contributed by atoms with Gasteiger partial charge < -0.3 is 16.4 Å². The number of hydrogen-bond donors (Lipinski definition) is 2. The van der Waals surface area contributed by atoms with Gasteiger partial charge in [0.1, 0.15) is 5.54 Å². The molecule has 0 aromatic heterocycles. The topological polar surface area (TPSA) is 72.4 Å². The van der Waals surface area contributed by atoms with Crippen molar-refractivity contribution >= 4 is 21.8 Å². The maximum absolute atomic E-state index is 12.6. The van der Waals surface area contributed by atoms with Crippen molar-refractivity contribution in [3.8, 4) is 0 Å². The highest BCUT2D eigenvalue weighted by Crippen LogP contribution is 2.24. The molecule has 1 saturated heterocycles. The third-order valence-corrected chi connectivity index (χ3v) is 4.16. The fraction of sp³-hybridized carbons (Fsp3) is 0.500. The molecule has 0 radical (unpaired) electrons. The summed E-state index contributed by atoms with van der Waals surface area (Å²) in [5.74, 6) is -0.0510. The summed E-state index contributed by atoms with van der Waals surface area (Å²) in [5, 5.41) is 0. The molecule has 5 heteroatoms. The standard InChI is InChI=1S/C14H20BrN3O/c1-14(17,10-4-6-11(15)7-5-10)13(19)18-8-2-3-12(16)9-18/h4-7,12H,2-3,8-9,16-17H2,1H3. The van der Waals surface area contributed by atoms with Crippen molar-refractivity contribution in [3.05, 3.63) is 34.3 Å². The zero-order valence-corrected chi connectivity index (χ0v) is 12.7. The molecule has 1 aliphatic heterocycles. The highest BCUT2D eigenvalue weighted by atomic mass is 79.9. The Bertz CT molecular complexity index is 458. The molecule has 1 fully saturated rings. The van der Waals surface area contributed by atoms with Gasteiger partial charge in [0.05, 0.1) is 0 Å². The number of carbonyl (C=O) groups is 1. The van der Waals surface area contributed by atoms with Crippen LogP contribution in [0.4, 0.5) is 0 Å². The van der Waals surface area contributed by atoms with Crippen LogP contribution in [0, 0.1) is 0 Å². The van der Waals surface area contributed by atoms with Crippen LogP contribution < -0.4 is 11.5 Å². The van der Waals surface area contributed by atoms with E-state index < -0.39 is 5.54 Å². The molecule has 2 rings (SSSR count). The molecule has 19 heavy (non-hydrogen) atoms. The zero-order chi connectivity index (χ0) is 14.0. The van der Waals surface area contributed by atoms with Gasteiger partial charge in [-0.1, -0.05) is 28.1 Å². The van der Waals surface area contributed by atoms with Crippen molar-refractivity contribution in [1.29, 1.82) is 0 Å². The number of nitrogens with two attached hydrogens (primary N) is 2. The molecule has 4 N–H and O–H groups in total. The maximum atomic E-state index is 12.6. The summed E-state index contributed by atoms with van der Waals surface area (Å²) in [6.45, 7) is 3.11. The summed E-state index contributed by atoms with van der Waals surface area (Å²) in [4.78, 5) is 14.4. The van der Waals surface area contributed by atoms with Crippen LogP contribution in [-0.2, 0) is 10.3 Å². The number of likely N-dealkylation sites (tertiary alicyclic amines) is 1. The highest BCUT2D eigenvalue weighted by molar-refractivity contribution is 9.10. The Morgan fingerprint density at radius 1 is 1.42 bits per heavy atom. The quantitative estimate of drug-likeness (QED) is 0.867. The van der Waals surface area contributed by atoms with Gasteiger partial charge in [-0.25, -0.2) is 0 Å². The van der Waals surface area contributed by atoms with Crippen molar-refractivity contribution in [2.24, 2.45) is 11.5 Å². The van der Waals surface area contributed by atoms with Crippen LogP contribution in [0.15, 0.2) is 28.7 Å². The second-order valence-corrected chi connectivity index (χ2v) is 6.28. The molecule has 4 nitrogen and oxygen atoms in total. The molecule has 2 atom stereocenters. The van der Waals surface area contributed by atoms with Crippen molar-refractivity contribution in [2.45, 2.75) is 31.3 Å². The van der Waals surface area contributed by atoms with Crippen LogP contribution in [0.25, 0.3) is 0 Å². The van der Waals surface area contributed by atoms with Gasteiger partial charge in [-0.2, -0.15) is 0 Å². The van der Waals surface area contributed by atoms with Crippen LogP contribution in [0.2, 0.25) is 0 Å². The van der Waals surface area contributed by atoms with E-state index in [0.29, 0.717) is 6.54 Å². The molecule has 2 unspecified atom stereocenters. The van der Waals surface area contributed by atoms with Gasteiger partial charge in [0.15, 0.2) is 0 Å². The first-order valence-corrected chi connectivity index (χ1v) is 7.30. The lowest BCUT2D eigenvalue weighted by Gasteiger charge is -2.36. The summed E-state index contributed by atoms with van der Waals surface area (Å²) >= 11 is 3.38. The van der Waals surface area contributed by atoms with Gasteiger partial charge in [0, 0.05) is 23.6 Å². The molecular weight excluding hydrogens is 306 g/mol. The Balaban J connectivity index is 2.18. The maximum Gasteiger partial charge on any atom is 0.247 e. The Morgan fingerprint density at radius 2 is 2.05 bits per heavy atom. The van der Waals surface area contributed by atoms with Gasteiger partial charge in [-0.05, 0) is 37.5 Å². The first-order valence-electron chi connectivity index (χ1n) is 6.51. The minimum atomic E-state index is -1.00. The number of halogens is 1. The van der Waals surface area contributed by atoms with Crippen molar-refractivity contribution in [1.82, 2.24) is 4.90 Å². The predicted octanol–water partition coefficient (Wildman–Crippen LogP) is 1.57. The van der Waals surface area contributed by atoms with Crippen molar-refractivity contribution in [2.75, 3.05) is 13.1 Å². The summed E-state index contributed by atoms with van der Waals surface area (Å²) in [6, 6.07) is 7.63. The van der Waals surface area contributed by atoms with E-state index in [1.54, 1.807) is 11.8 Å². The number of rotatable bonds is 2. The zero-order valence-electron chi connectivity index (χ0n) is 11.1. The number of hydrogen-bond acceptors (Lipinski definition) is 3. The smallest absolute Gasteiger partial charge is 0.247 e. The van der Waals surface area contributed by atoms with E-state index in [0.717, 1.165) is 29.4 Å². The van der Waals surface area contributed by atoms with E-state index in [2.05, 4.69) is 15.9 Å². The molecular formula is C14H20BrN3O. The number of amides is 1. The molecule has 1 amide bonds. The van der Waals surface area contributed by atoms with Gasteiger partial charge >= 0.3 is 0 Å². The van der Waals surface area contributed by atoms with Gasteiger partial charge in [-0.15, -0.1) is 0 Å². The van der Waals surface area contributed by atoms with Gasteiger partial charge in [0.25, 0.3) is 0 Å². The second kappa shape index (κ2) is 5.61. The molecule has 1 aromatic rings. The van der Waals surface area contributed by atoms with Crippen LogP contribution in [0.3, 0.4) is 0 Å². The summed E-state index contributed by atoms with van der Waals surface area (Å²) in [7, 11) is 0. The van der Waals surface area contributed by atoms with Crippen LogP contribution in [0.5, 0.6) is 0 Å². The van der Waals surface area contributed by atoms with Gasteiger partial charge in [0.2, 0.25) is 5.91 Å². The van der Waals surface area contributed by atoms with Crippen LogP contribution >= 0.6 is 15.9 Å². The van der Waals surface area contributed by atoms with E-state index in [9.17, 15) is 4.79 Å². The molecule has 1 aromatic carbocycles. The average molecular weight is 326 g/mol. The first kappa shape index (κ1) is 14.5. The Hall–Kier alpha value is -0.910. The molecule has 104 valence electrons. The third-order valence-electron chi connectivity index (χ3n) is 3.63. The monoisotopic (exact) mass is 325 g/mol. The normalized spacial score (nSPS) is 22.9. The number of piperidine rings is 1. The minimum absolute atomic E-state index is 0.0510. The fourth-order valence-electron chi connectivity index (χ4n) is 2.44. The van der Waals surface area contributed by atoms with Crippen molar-refractivity contribution in [3.63, 3.8) is 0 Å². The van der Waals surface area contributed by atoms with Gasteiger partial charge in [-0.3, -0.25) is 4.79 Å². The summed E-state index contributed by atoms with van der Waals surface area (Å²) in [5.41, 5.74) is 12.0. The van der Waals surface area contributed by atoms with E-state index in [-0.39, 0.29) is 11.9 Å². The number of carbonyl (C=O) groups excluding carboxylic acids is 1. The molecule has 0 spiro atoms. The number of nitrogens with zero attached hydrogens (tertiary/aromatic N) is 1. The molecule has 1 heterocycles. The van der Waals surface area contributed by atoms with Crippen LogP contribution in [0.1, 0.15) is 25.3 Å². The molecule has 0 saturated carbocycles.